The molecule has 1 N–H and O–H groups in total. The van der Waals surface area contributed by atoms with Gasteiger partial charge < -0.3 is 9.88 Å². The standard InChI is InChI=1S/C23H27N3O/c1-18-6-8-19(9-7-18)17-25-12-14-26(15-13-25)23(27)11-10-20-16-24-22-5-3-2-4-21(20)22/h2-9,16,24H,10-15,17H2,1H3. The number of para-hydroxylation sites is 1. The molecule has 1 aliphatic heterocycles. The van der Waals surface area contributed by atoms with Crippen LogP contribution in [-0.2, 0) is 17.8 Å². The van der Waals surface area contributed by atoms with Gasteiger partial charge in [0.15, 0.2) is 0 Å². The maximum Gasteiger partial charge on any atom is 0.222 e. The largest absolute Gasteiger partial charge is 0.361 e. The lowest BCUT2D eigenvalue weighted by molar-refractivity contribution is -0.132. The Kier molecular flexibility index (Phi) is 5.26. The molecule has 0 radical (unpaired) electrons. The average molecular weight is 361 g/mol. The predicted octanol–water partition coefficient (Wildman–Crippen LogP) is 3.75. The molecule has 27 heavy (non-hydrogen) atoms. The van der Waals surface area contributed by atoms with E-state index in [1.54, 1.807) is 0 Å². The third kappa shape index (κ3) is 4.22. The molecule has 0 spiro atoms. The second-order valence-corrected chi connectivity index (χ2v) is 7.50. The zero-order valence-electron chi connectivity index (χ0n) is 15.9. The van der Waals surface area contributed by atoms with Gasteiger partial charge in [0, 0.05) is 56.2 Å². The topological polar surface area (TPSA) is 39.3 Å². The van der Waals surface area contributed by atoms with Crippen LogP contribution in [0.3, 0.4) is 0 Å². The summed E-state index contributed by atoms with van der Waals surface area (Å²) in [6, 6.07) is 17.0. The minimum atomic E-state index is 0.273. The molecule has 1 saturated heterocycles. The van der Waals surface area contributed by atoms with Gasteiger partial charge in [0.1, 0.15) is 0 Å². The number of nitrogens with zero attached hydrogens (tertiary/aromatic N) is 2. The Labute approximate surface area is 160 Å². The third-order valence-electron chi connectivity index (χ3n) is 5.53. The van der Waals surface area contributed by atoms with Gasteiger partial charge in [-0.1, -0.05) is 48.0 Å². The van der Waals surface area contributed by atoms with Crippen molar-refractivity contribution >= 4 is 16.8 Å². The number of amides is 1. The summed E-state index contributed by atoms with van der Waals surface area (Å²) in [5.74, 6) is 0.273. The first kappa shape index (κ1) is 17.8. The van der Waals surface area contributed by atoms with Crippen molar-refractivity contribution in [3.63, 3.8) is 0 Å². The molecule has 2 heterocycles. The van der Waals surface area contributed by atoms with Crippen molar-refractivity contribution in [2.45, 2.75) is 26.3 Å². The SMILES string of the molecule is Cc1ccc(CN2CCN(C(=O)CCc3c[nH]c4ccccc34)CC2)cc1. The van der Waals surface area contributed by atoms with Gasteiger partial charge in [-0.2, -0.15) is 0 Å². The maximum atomic E-state index is 12.6. The number of hydrogen-bond acceptors (Lipinski definition) is 2. The van der Waals surface area contributed by atoms with Gasteiger partial charge in [0.2, 0.25) is 5.91 Å². The maximum absolute atomic E-state index is 12.6. The third-order valence-corrected chi connectivity index (χ3v) is 5.53. The average Bonchev–Trinajstić information content (AvgIpc) is 3.12. The number of hydrogen-bond donors (Lipinski definition) is 1. The fourth-order valence-electron chi connectivity index (χ4n) is 3.85. The van der Waals surface area contributed by atoms with E-state index < -0.39 is 0 Å². The molecule has 1 amide bonds. The number of aryl methyl sites for hydroxylation is 2. The Morgan fingerprint density at radius 2 is 1.74 bits per heavy atom. The van der Waals surface area contributed by atoms with Crippen LogP contribution in [0.15, 0.2) is 54.7 Å². The number of nitrogens with one attached hydrogen (secondary N) is 1. The van der Waals surface area contributed by atoms with E-state index >= 15 is 0 Å². The Morgan fingerprint density at radius 3 is 2.52 bits per heavy atom. The second-order valence-electron chi connectivity index (χ2n) is 7.50. The number of benzene rings is 2. The first-order valence-electron chi connectivity index (χ1n) is 9.80. The molecule has 1 aliphatic rings. The summed E-state index contributed by atoms with van der Waals surface area (Å²) in [6.45, 7) is 6.65. The number of H-pyrrole nitrogens is 1. The minimum Gasteiger partial charge on any atom is -0.361 e. The smallest absolute Gasteiger partial charge is 0.222 e. The predicted molar refractivity (Wildman–Crippen MR) is 110 cm³/mol. The number of fused-ring (bicyclic) bond motifs is 1. The van der Waals surface area contributed by atoms with Crippen molar-refractivity contribution in [3.8, 4) is 0 Å². The molecule has 140 valence electrons. The van der Waals surface area contributed by atoms with Crippen LogP contribution in [0.4, 0.5) is 0 Å². The Morgan fingerprint density at radius 1 is 1.00 bits per heavy atom. The second kappa shape index (κ2) is 7.97. The van der Waals surface area contributed by atoms with E-state index in [1.807, 2.05) is 17.2 Å². The Balaban J connectivity index is 1.26. The monoisotopic (exact) mass is 361 g/mol. The van der Waals surface area contributed by atoms with Gasteiger partial charge in [-0.05, 0) is 30.5 Å². The molecule has 1 aromatic heterocycles. The van der Waals surface area contributed by atoms with Crippen LogP contribution in [0.5, 0.6) is 0 Å². The number of carbonyl (C=O) groups excluding carboxylic acids is 1. The molecule has 4 heteroatoms. The number of aromatic nitrogens is 1. The highest BCUT2D eigenvalue weighted by Gasteiger charge is 2.21. The Hall–Kier alpha value is -2.59. The summed E-state index contributed by atoms with van der Waals surface area (Å²) in [5, 5.41) is 1.23. The molecule has 4 rings (SSSR count). The van der Waals surface area contributed by atoms with E-state index in [0.717, 1.165) is 44.7 Å². The van der Waals surface area contributed by atoms with Crippen LogP contribution in [0, 0.1) is 6.92 Å². The molecule has 0 bridgehead atoms. The van der Waals surface area contributed by atoms with Crippen LogP contribution in [-0.4, -0.2) is 46.9 Å². The minimum absolute atomic E-state index is 0.273. The lowest BCUT2D eigenvalue weighted by Crippen LogP contribution is -2.48. The zero-order chi connectivity index (χ0) is 18.6. The van der Waals surface area contributed by atoms with Crippen molar-refractivity contribution < 1.29 is 4.79 Å². The van der Waals surface area contributed by atoms with Crippen molar-refractivity contribution in [1.82, 2.24) is 14.8 Å². The number of carbonyl (C=O) groups is 1. The van der Waals surface area contributed by atoms with Crippen LogP contribution in [0.1, 0.15) is 23.1 Å². The molecule has 4 nitrogen and oxygen atoms in total. The van der Waals surface area contributed by atoms with Gasteiger partial charge in [-0.3, -0.25) is 9.69 Å². The van der Waals surface area contributed by atoms with E-state index in [2.05, 4.69) is 59.3 Å². The van der Waals surface area contributed by atoms with Crippen LogP contribution in [0.25, 0.3) is 10.9 Å². The van der Waals surface area contributed by atoms with E-state index in [1.165, 1.54) is 22.1 Å². The first-order chi connectivity index (χ1) is 13.2. The van der Waals surface area contributed by atoms with Crippen LogP contribution in [0.2, 0.25) is 0 Å². The summed E-state index contributed by atoms with van der Waals surface area (Å²) in [6.07, 6.45) is 3.42. The fourth-order valence-corrected chi connectivity index (χ4v) is 3.85. The van der Waals surface area contributed by atoms with Gasteiger partial charge in [-0.15, -0.1) is 0 Å². The summed E-state index contributed by atoms with van der Waals surface area (Å²) >= 11 is 0. The molecule has 3 aromatic rings. The molecule has 0 saturated carbocycles. The zero-order valence-corrected chi connectivity index (χ0v) is 15.9. The summed E-state index contributed by atoms with van der Waals surface area (Å²) in [7, 11) is 0. The molecule has 0 unspecified atom stereocenters. The number of piperazine rings is 1. The van der Waals surface area contributed by atoms with E-state index in [4.69, 9.17) is 0 Å². The van der Waals surface area contributed by atoms with Crippen molar-refractivity contribution in [2.24, 2.45) is 0 Å². The van der Waals surface area contributed by atoms with Crippen molar-refractivity contribution in [2.75, 3.05) is 26.2 Å². The van der Waals surface area contributed by atoms with Crippen molar-refractivity contribution in [3.05, 3.63) is 71.4 Å². The lowest BCUT2D eigenvalue weighted by Gasteiger charge is -2.34. The molecule has 0 aliphatic carbocycles. The van der Waals surface area contributed by atoms with Gasteiger partial charge in [0.05, 0.1) is 0 Å². The molecular weight excluding hydrogens is 334 g/mol. The number of aromatic amines is 1. The normalized spacial score (nSPS) is 15.4. The Bertz CT molecular complexity index is 905. The van der Waals surface area contributed by atoms with Crippen molar-refractivity contribution in [1.29, 1.82) is 0 Å². The first-order valence-corrected chi connectivity index (χ1v) is 9.80. The molecule has 0 atom stereocenters. The summed E-state index contributed by atoms with van der Waals surface area (Å²) in [4.78, 5) is 20.4. The quantitative estimate of drug-likeness (QED) is 0.752. The summed E-state index contributed by atoms with van der Waals surface area (Å²) in [5.41, 5.74) is 5.02. The highest BCUT2D eigenvalue weighted by molar-refractivity contribution is 5.84. The lowest BCUT2D eigenvalue weighted by atomic mass is 10.1. The van der Waals surface area contributed by atoms with Crippen LogP contribution < -0.4 is 0 Å². The van der Waals surface area contributed by atoms with Crippen LogP contribution >= 0.6 is 0 Å². The van der Waals surface area contributed by atoms with E-state index in [9.17, 15) is 4.79 Å². The van der Waals surface area contributed by atoms with E-state index in [-0.39, 0.29) is 5.91 Å². The summed E-state index contributed by atoms with van der Waals surface area (Å²) < 4.78 is 0. The highest BCUT2D eigenvalue weighted by Crippen LogP contribution is 2.19. The van der Waals surface area contributed by atoms with E-state index in [0.29, 0.717) is 6.42 Å². The van der Waals surface area contributed by atoms with Gasteiger partial charge in [0.25, 0.3) is 0 Å². The molecule has 2 aromatic carbocycles. The molecule has 1 fully saturated rings. The van der Waals surface area contributed by atoms with Gasteiger partial charge in [-0.25, -0.2) is 0 Å². The fraction of sp³-hybridized carbons (Fsp3) is 0.348. The number of rotatable bonds is 5. The highest BCUT2D eigenvalue weighted by atomic mass is 16.2. The van der Waals surface area contributed by atoms with Gasteiger partial charge >= 0.3 is 0 Å². The molecular formula is C23H27N3O.